The van der Waals surface area contributed by atoms with Crippen molar-refractivity contribution in [1.82, 2.24) is 5.32 Å². The van der Waals surface area contributed by atoms with Gasteiger partial charge in [0.05, 0.1) is 7.11 Å². The summed E-state index contributed by atoms with van der Waals surface area (Å²) >= 11 is 0. The van der Waals surface area contributed by atoms with Gasteiger partial charge in [-0.3, -0.25) is 4.79 Å². The number of hydrogen-bond donors (Lipinski definition) is 1. The molecule has 0 saturated heterocycles. The van der Waals surface area contributed by atoms with E-state index < -0.39 is 12.0 Å². The first-order valence-corrected chi connectivity index (χ1v) is 5.84. The quantitative estimate of drug-likeness (QED) is 0.823. The maximum Gasteiger partial charge on any atom is 0.328 e. The van der Waals surface area contributed by atoms with Crippen LogP contribution in [0.15, 0.2) is 18.2 Å². The molecule has 0 radical (unpaired) electrons. The Morgan fingerprint density at radius 2 is 1.78 bits per heavy atom. The zero-order valence-electron chi connectivity index (χ0n) is 11.2. The van der Waals surface area contributed by atoms with Crippen LogP contribution in [0.1, 0.15) is 23.6 Å². The monoisotopic (exact) mass is 249 g/mol. The van der Waals surface area contributed by atoms with Crippen LogP contribution >= 0.6 is 0 Å². The molecule has 0 heterocycles. The molecule has 1 aromatic carbocycles. The summed E-state index contributed by atoms with van der Waals surface area (Å²) in [5, 5.41) is 2.60. The number of esters is 1. The van der Waals surface area contributed by atoms with Crippen LogP contribution in [-0.2, 0) is 20.7 Å². The van der Waals surface area contributed by atoms with Crippen LogP contribution < -0.4 is 5.32 Å². The van der Waals surface area contributed by atoms with Gasteiger partial charge in [-0.1, -0.05) is 29.3 Å². The van der Waals surface area contributed by atoms with Gasteiger partial charge in [-0.25, -0.2) is 4.79 Å². The highest BCUT2D eigenvalue weighted by atomic mass is 16.5. The van der Waals surface area contributed by atoms with Crippen molar-refractivity contribution in [3.63, 3.8) is 0 Å². The summed E-state index contributed by atoms with van der Waals surface area (Å²) in [5.41, 5.74) is 3.28. The lowest BCUT2D eigenvalue weighted by atomic mass is 10.0. The molecule has 1 atom stereocenters. The first-order valence-electron chi connectivity index (χ1n) is 5.84. The molecule has 1 rings (SSSR count). The van der Waals surface area contributed by atoms with Crippen LogP contribution in [-0.4, -0.2) is 25.0 Å². The average molecular weight is 249 g/mol. The fourth-order valence-corrected chi connectivity index (χ4v) is 2.00. The maximum absolute atomic E-state index is 11.6. The number of aryl methyl sites for hydroxylation is 2. The molecular formula is C14H19NO3. The van der Waals surface area contributed by atoms with E-state index in [-0.39, 0.29) is 5.91 Å². The lowest BCUT2D eigenvalue weighted by Crippen LogP contribution is -2.42. The van der Waals surface area contributed by atoms with Gasteiger partial charge in [0.2, 0.25) is 5.91 Å². The second-order valence-electron chi connectivity index (χ2n) is 4.48. The average Bonchev–Trinajstić information content (AvgIpc) is 2.25. The lowest BCUT2D eigenvalue weighted by molar-refractivity contribution is -0.144. The highest BCUT2D eigenvalue weighted by Gasteiger charge is 2.20. The van der Waals surface area contributed by atoms with Crippen molar-refractivity contribution in [2.45, 2.75) is 33.2 Å². The molecule has 4 nitrogen and oxygen atoms in total. The number of hydrogen-bond acceptors (Lipinski definition) is 3. The van der Waals surface area contributed by atoms with E-state index in [0.717, 1.165) is 16.7 Å². The topological polar surface area (TPSA) is 55.4 Å². The van der Waals surface area contributed by atoms with Gasteiger partial charge in [0, 0.05) is 13.3 Å². The van der Waals surface area contributed by atoms with Gasteiger partial charge in [0.1, 0.15) is 6.04 Å². The fourth-order valence-electron chi connectivity index (χ4n) is 2.00. The molecule has 18 heavy (non-hydrogen) atoms. The molecule has 1 amide bonds. The Balaban J connectivity index is 2.88. The Kier molecular flexibility index (Phi) is 4.89. The van der Waals surface area contributed by atoms with E-state index in [4.69, 9.17) is 4.74 Å². The first-order chi connectivity index (χ1) is 8.42. The highest BCUT2D eigenvalue weighted by Crippen LogP contribution is 2.11. The van der Waals surface area contributed by atoms with Crippen molar-refractivity contribution < 1.29 is 14.3 Å². The Morgan fingerprint density at radius 1 is 1.22 bits per heavy atom. The minimum Gasteiger partial charge on any atom is -0.467 e. The third-order valence-electron chi connectivity index (χ3n) is 2.58. The van der Waals surface area contributed by atoms with Gasteiger partial charge in [0.15, 0.2) is 0 Å². The Hall–Kier alpha value is -1.84. The van der Waals surface area contributed by atoms with Crippen LogP contribution in [0.3, 0.4) is 0 Å². The zero-order valence-corrected chi connectivity index (χ0v) is 11.2. The molecule has 0 fully saturated rings. The van der Waals surface area contributed by atoms with Crippen LogP contribution in [0.5, 0.6) is 0 Å². The standard InChI is InChI=1S/C14H19NO3/c1-9-5-10(2)7-12(6-9)8-13(14(17)18-4)15-11(3)16/h5-7,13H,8H2,1-4H3,(H,15,16)/t13-/m0/s1. The summed E-state index contributed by atoms with van der Waals surface area (Å²) in [6.07, 6.45) is 0.439. The summed E-state index contributed by atoms with van der Waals surface area (Å²) in [6.45, 7) is 5.39. The summed E-state index contributed by atoms with van der Waals surface area (Å²) in [4.78, 5) is 22.7. The summed E-state index contributed by atoms with van der Waals surface area (Å²) in [7, 11) is 1.32. The minimum atomic E-state index is -0.631. The SMILES string of the molecule is COC(=O)[C@H](Cc1cc(C)cc(C)c1)NC(C)=O. The molecule has 0 aromatic heterocycles. The molecule has 0 aliphatic heterocycles. The van der Waals surface area contributed by atoms with Crippen LogP contribution in [0.25, 0.3) is 0 Å². The van der Waals surface area contributed by atoms with Crippen LogP contribution in [0.4, 0.5) is 0 Å². The largest absolute Gasteiger partial charge is 0.467 e. The number of rotatable bonds is 4. The van der Waals surface area contributed by atoms with Crippen molar-refractivity contribution >= 4 is 11.9 Å². The van der Waals surface area contributed by atoms with Gasteiger partial charge in [-0.15, -0.1) is 0 Å². The molecule has 0 spiro atoms. The van der Waals surface area contributed by atoms with Crippen LogP contribution in [0.2, 0.25) is 0 Å². The Morgan fingerprint density at radius 3 is 2.22 bits per heavy atom. The third-order valence-corrected chi connectivity index (χ3v) is 2.58. The number of nitrogens with one attached hydrogen (secondary N) is 1. The maximum atomic E-state index is 11.6. The smallest absolute Gasteiger partial charge is 0.328 e. The molecule has 4 heteroatoms. The van der Waals surface area contributed by atoms with Gasteiger partial charge < -0.3 is 10.1 Å². The Bertz CT molecular complexity index is 434. The predicted molar refractivity (Wildman–Crippen MR) is 69.2 cm³/mol. The number of benzene rings is 1. The molecule has 1 aromatic rings. The normalized spacial score (nSPS) is 11.8. The molecule has 0 aliphatic carbocycles. The lowest BCUT2D eigenvalue weighted by Gasteiger charge is -2.16. The second-order valence-corrected chi connectivity index (χ2v) is 4.48. The van der Waals surface area contributed by atoms with E-state index in [0.29, 0.717) is 6.42 Å². The zero-order chi connectivity index (χ0) is 13.7. The number of carbonyl (C=O) groups excluding carboxylic acids is 2. The van der Waals surface area contributed by atoms with Crippen molar-refractivity contribution in [2.24, 2.45) is 0 Å². The predicted octanol–water partition coefficient (Wildman–Crippen LogP) is 1.52. The number of ether oxygens (including phenoxy) is 1. The summed E-state index contributed by atoms with van der Waals surface area (Å²) in [5.74, 6) is -0.667. The molecular weight excluding hydrogens is 230 g/mol. The first kappa shape index (κ1) is 14.2. The number of amides is 1. The second kappa shape index (κ2) is 6.19. The highest BCUT2D eigenvalue weighted by molar-refractivity contribution is 5.83. The van der Waals surface area contributed by atoms with E-state index >= 15 is 0 Å². The van der Waals surface area contributed by atoms with Crippen molar-refractivity contribution in [3.05, 3.63) is 34.9 Å². The molecule has 0 unspecified atom stereocenters. The van der Waals surface area contributed by atoms with Crippen LogP contribution in [0, 0.1) is 13.8 Å². The molecule has 98 valence electrons. The van der Waals surface area contributed by atoms with E-state index in [2.05, 4.69) is 11.4 Å². The van der Waals surface area contributed by atoms with Gasteiger partial charge in [0.25, 0.3) is 0 Å². The fraction of sp³-hybridized carbons (Fsp3) is 0.429. The summed E-state index contributed by atoms with van der Waals surface area (Å²) in [6, 6.07) is 5.44. The Labute approximate surface area is 107 Å². The molecule has 0 bridgehead atoms. The summed E-state index contributed by atoms with van der Waals surface area (Å²) < 4.78 is 4.69. The van der Waals surface area contributed by atoms with Gasteiger partial charge >= 0.3 is 5.97 Å². The third kappa shape index (κ3) is 4.20. The minimum absolute atomic E-state index is 0.241. The van der Waals surface area contributed by atoms with E-state index in [1.807, 2.05) is 26.0 Å². The van der Waals surface area contributed by atoms with E-state index in [1.165, 1.54) is 14.0 Å². The number of carbonyl (C=O) groups is 2. The van der Waals surface area contributed by atoms with Crippen molar-refractivity contribution in [3.8, 4) is 0 Å². The van der Waals surface area contributed by atoms with Gasteiger partial charge in [-0.2, -0.15) is 0 Å². The van der Waals surface area contributed by atoms with E-state index in [9.17, 15) is 9.59 Å². The van der Waals surface area contributed by atoms with E-state index in [1.54, 1.807) is 0 Å². The van der Waals surface area contributed by atoms with Crippen molar-refractivity contribution in [1.29, 1.82) is 0 Å². The van der Waals surface area contributed by atoms with Crippen molar-refractivity contribution in [2.75, 3.05) is 7.11 Å². The molecule has 0 saturated carbocycles. The number of methoxy groups -OCH3 is 1. The molecule has 0 aliphatic rings. The molecule has 1 N–H and O–H groups in total. The van der Waals surface area contributed by atoms with Gasteiger partial charge in [-0.05, 0) is 19.4 Å².